The fourth-order valence-corrected chi connectivity index (χ4v) is 4.81. The van der Waals surface area contributed by atoms with Crippen molar-refractivity contribution in [2.24, 2.45) is 0 Å². The number of rotatable bonds is 5. The Kier molecular flexibility index (Phi) is 6.11. The van der Waals surface area contributed by atoms with Crippen LogP contribution in [0.15, 0.2) is 30.3 Å². The zero-order valence-corrected chi connectivity index (χ0v) is 17.4. The lowest BCUT2D eigenvalue weighted by molar-refractivity contribution is 0.189. The van der Waals surface area contributed by atoms with Crippen LogP contribution in [0.4, 0.5) is 25.8 Å². The van der Waals surface area contributed by atoms with Gasteiger partial charge >= 0.3 is 10.2 Å². The molecule has 0 radical (unpaired) electrons. The fourth-order valence-electron chi connectivity index (χ4n) is 2.62. The smallest absolute Gasteiger partial charge is 0.301 e. The van der Waals surface area contributed by atoms with Gasteiger partial charge in [-0.05, 0) is 59.3 Å². The number of halogens is 4. The Balaban J connectivity index is 1.95. The van der Waals surface area contributed by atoms with Crippen LogP contribution in [0.1, 0.15) is 6.42 Å². The van der Waals surface area contributed by atoms with E-state index in [-0.39, 0.29) is 29.5 Å². The molecule has 0 spiro atoms. The standard InChI is InChI=1S/C16H15ClF2IN3O3S/c17-11-7-9(20)1-3-13(11)21-16-14(4-2-12(18)15(16)19)22-27(25,26)23-6-5-10(24)8-23/h1-4,7,10,21-22,24H,5-6,8H2. The molecule has 27 heavy (non-hydrogen) atoms. The third-order valence-electron chi connectivity index (χ3n) is 3.99. The van der Waals surface area contributed by atoms with Crippen LogP contribution in [0.2, 0.25) is 5.02 Å². The predicted octanol–water partition coefficient (Wildman–Crippen LogP) is 3.69. The van der Waals surface area contributed by atoms with Crippen molar-refractivity contribution in [1.82, 2.24) is 4.31 Å². The molecule has 0 aromatic heterocycles. The van der Waals surface area contributed by atoms with Gasteiger partial charge in [-0.1, -0.05) is 11.6 Å². The topological polar surface area (TPSA) is 81.7 Å². The number of β-amino-alcohol motifs (C(OH)–C–C–N with tert-alkyl or cyclic N) is 1. The third kappa shape index (κ3) is 4.62. The second kappa shape index (κ2) is 8.03. The fraction of sp³-hybridized carbons (Fsp3) is 0.250. The van der Waals surface area contributed by atoms with E-state index >= 15 is 0 Å². The van der Waals surface area contributed by atoms with Crippen molar-refractivity contribution < 1.29 is 22.3 Å². The van der Waals surface area contributed by atoms with Crippen molar-refractivity contribution >= 4 is 61.5 Å². The van der Waals surface area contributed by atoms with Gasteiger partial charge in [0.1, 0.15) is 5.69 Å². The molecule has 0 amide bonds. The van der Waals surface area contributed by atoms with Gasteiger partial charge in [0.2, 0.25) is 0 Å². The number of aliphatic hydroxyl groups excluding tert-OH is 1. The van der Waals surface area contributed by atoms with E-state index in [4.69, 9.17) is 11.6 Å². The molecule has 3 rings (SSSR count). The van der Waals surface area contributed by atoms with E-state index in [2.05, 4.69) is 10.0 Å². The number of nitrogens with one attached hydrogen (secondary N) is 2. The Morgan fingerprint density at radius 2 is 1.93 bits per heavy atom. The van der Waals surface area contributed by atoms with Gasteiger partial charge in [-0.3, -0.25) is 4.72 Å². The highest BCUT2D eigenvalue weighted by atomic mass is 127. The highest BCUT2D eigenvalue weighted by molar-refractivity contribution is 14.1. The summed E-state index contributed by atoms with van der Waals surface area (Å²) < 4.78 is 57.3. The van der Waals surface area contributed by atoms with Gasteiger partial charge in [0.05, 0.1) is 22.5 Å². The molecule has 2 aromatic carbocycles. The van der Waals surface area contributed by atoms with E-state index in [0.717, 1.165) is 20.0 Å². The van der Waals surface area contributed by atoms with E-state index in [0.29, 0.717) is 12.1 Å². The lowest BCUT2D eigenvalue weighted by Gasteiger charge is -2.20. The highest BCUT2D eigenvalue weighted by Crippen LogP contribution is 2.34. The van der Waals surface area contributed by atoms with E-state index in [1.54, 1.807) is 18.2 Å². The molecular weight excluding hydrogens is 515 g/mol. The van der Waals surface area contributed by atoms with Crippen LogP contribution in [0.5, 0.6) is 0 Å². The molecule has 3 N–H and O–H groups in total. The van der Waals surface area contributed by atoms with Crippen LogP contribution in [0, 0.1) is 15.2 Å². The van der Waals surface area contributed by atoms with Crippen LogP contribution in [-0.4, -0.2) is 37.0 Å². The van der Waals surface area contributed by atoms with E-state index in [9.17, 15) is 22.3 Å². The first-order chi connectivity index (χ1) is 12.7. The van der Waals surface area contributed by atoms with Gasteiger partial charge in [0.15, 0.2) is 11.6 Å². The number of nitrogens with zero attached hydrogens (tertiary/aromatic N) is 1. The Labute approximate surface area is 173 Å². The number of hydrogen-bond donors (Lipinski definition) is 3. The SMILES string of the molecule is O=S(=O)(Nc1ccc(F)c(F)c1Nc1ccc(I)cc1Cl)N1CCC(O)C1. The molecule has 1 saturated heterocycles. The second-order valence-corrected chi connectivity index (χ2v) is 9.26. The molecule has 1 aliphatic heterocycles. The molecule has 0 aliphatic carbocycles. The maximum absolute atomic E-state index is 14.4. The average molecular weight is 530 g/mol. The van der Waals surface area contributed by atoms with Crippen molar-refractivity contribution in [3.63, 3.8) is 0 Å². The van der Waals surface area contributed by atoms with Crippen molar-refractivity contribution in [3.05, 3.63) is 50.6 Å². The summed E-state index contributed by atoms with van der Waals surface area (Å²) >= 11 is 8.17. The van der Waals surface area contributed by atoms with Gasteiger partial charge in [0, 0.05) is 16.7 Å². The van der Waals surface area contributed by atoms with Gasteiger partial charge in [-0.15, -0.1) is 0 Å². The van der Waals surface area contributed by atoms with Crippen LogP contribution in [0.25, 0.3) is 0 Å². The minimum absolute atomic E-state index is 0.0648. The summed E-state index contributed by atoms with van der Waals surface area (Å²) in [5.41, 5.74) is -0.273. The minimum Gasteiger partial charge on any atom is -0.392 e. The van der Waals surface area contributed by atoms with Gasteiger partial charge < -0.3 is 10.4 Å². The number of hydrogen-bond acceptors (Lipinski definition) is 4. The monoisotopic (exact) mass is 529 g/mol. The lowest BCUT2D eigenvalue weighted by Crippen LogP contribution is -2.34. The van der Waals surface area contributed by atoms with Crippen LogP contribution < -0.4 is 10.0 Å². The molecule has 1 fully saturated rings. The minimum atomic E-state index is -4.05. The molecule has 146 valence electrons. The van der Waals surface area contributed by atoms with Crippen molar-refractivity contribution in [2.45, 2.75) is 12.5 Å². The summed E-state index contributed by atoms with van der Waals surface area (Å²) in [7, 11) is -4.05. The molecule has 6 nitrogen and oxygen atoms in total. The second-order valence-electron chi connectivity index (χ2n) is 5.94. The van der Waals surface area contributed by atoms with Crippen LogP contribution >= 0.6 is 34.2 Å². The van der Waals surface area contributed by atoms with Gasteiger partial charge in [-0.25, -0.2) is 8.78 Å². The summed E-state index contributed by atoms with van der Waals surface area (Å²) in [6, 6.07) is 6.85. The highest BCUT2D eigenvalue weighted by Gasteiger charge is 2.31. The molecule has 1 heterocycles. The normalized spacial score (nSPS) is 17.9. The summed E-state index contributed by atoms with van der Waals surface area (Å²) in [6.45, 7) is 0.0661. The number of benzene rings is 2. The van der Waals surface area contributed by atoms with Crippen molar-refractivity contribution in [2.75, 3.05) is 23.1 Å². The first-order valence-electron chi connectivity index (χ1n) is 7.83. The van der Waals surface area contributed by atoms with E-state index < -0.39 is 27.9 Å². The summed E-state index contributed by atoms with van der Waals surface area (Å²) in [4.78, 5) is 0. The van der Waals surface area contributed by atoms with Crippen LogP contribution in [0.3, 0.4) is 0 Å². The third-order valence-corrected chi connectivity index (χ3v) is 6.46. The van der Waals surface area contributed by atoms with Gasteiger partial charge in [0.25, 0.3) is 0 Å². The summed E-state index contributed by atoms with van der Waals surface area (Å²) in [5.74, 6) is -2.38. The quantitative estimate of drug-likeness (QED) is 0.516. The Bertz CT molecular complexity index is 978. The maximum Gasteiger partial charge on any atom is 0.301 e. The Morgan fingerprint density at radius 3 is 2.56 bits per heavy atom. The molecular formula is C16H15ClF2IN3O3S. The average Bonchev–Trinajstić information content (AvgIpc) is 3.03. The molecule has 1 aliphatic rings. The lowest BCUT2D eigenvalue weighted by atomic mass is 10.2. The summed E-state index contributed by atoms with van der Waals surface area (Å²) in [5, 5.41) is 12.5. The van der Waals surface area contributed by atoms with Crippen LogP contribution in [-0.2, 0) is 10.2 Å². The van der Waals surface area contributed by atoms with E-state index in [1.165, 1.54) is 0 Å². The van der Waals surface area contributed by atoms with Crippen molar-refractivity contribution in [1.29, 1.82) is 0 Å². The Morgan fingerprint density at radius 1 is 1.22 bits per heavy atom. The molecule has 0 saturated carbocycles. The van der Waals surface area contributed by atoms with Gasteiger partial charge in [-0.2, -0.15) is 12.7 Å². The number of aliphatic hydroxyl groups is 1. The molecule has 11 heteroatoms. The summed E-state index contributed by atoms with van der Waals surface area (Å²) in [6.07, 6.45) is -0.447. The van der Waals surface area contributed by atoms with Crippen molar-refractivity contribution in [3.8, 4) is 0 Å². The first-order valence-corrected chi connectivity index (χ1v) is 10.7. The first kappa shape index (κ1) is 20.5. The Hall–Kier alpha value is -1.21. The molecule has 1 unspecified atom stereocenters. The molecule has 1 atom stereocenters. The zero-order valence-electron chi connectivity index (χ0n) is 13.7. The largest absolute Gasteiger partial charge is 0.392 e. The molecule has 0 bridgehead atoms. The zero-order chi connectivity index (χ0) is 19.8. The predicted molar refractivity (Wildman–Crippen MR) is 109 cm³/mol. The maximum atomic E-state index is 14.4. The molecule has 2 aromatic rings. The van der Waals surface area contributed by atoms with E-state index in [1.807, 2.05) is 22.6 Å². The number of anilines is 3.